The molecule has 0 saturated carbocycles. The van der Waals surface area contributed by atoms with E-state index >= 15 is 0 Å². The second kappa shape index (κ2) is 10.2. The van der Waals surface area contributed by atoms with Crippen LogP contribution in [0.25, 0.3) is 0 Å². The molecule has 3 aromatic rings. The first-order valence-electron chi connectivity index (χ1n) is 8.99. The van der Waals surface area contributed by atoms with Crippen LogP contribution in [0.15, 0.2) is 66.7 Å². The fraction of sp³-hybridized carbons (Fsp3) is 0.0952. The molecule has 0 aliphatic rings. The Bertz CT molecular complexity index is 994. The second-order valence-electron chi connectivity index (χ2n) is 6.12. The van der Waals surface area contributed by atoms with Gasteiger partial charge >= 0.3 is 13.2 Å². The first-order valence-corrected chi connectivity index (χ1v) is 8.99. The number of pyridine rings is 1. The maximum absolute atomic E-state index is 12.4. The summed E-state index contributed by atoms with van der Waals surface area (Å²) in [5.41, 5.74) is 0.483. The molecule has 32 heavy (non-hydrogen) atoms. The summed E-state index contributed by atoms with van der Waals surface area (Å²) in [6.07, 6.45) is 0. The van der Waals surface area contributed by atoms with Crippen LogP contribution in [-0.4, -0.2) is 30.0 Å². The third-order valence-corrected chi connectivity index (χ3v) is 3.89. The summed E-state index contributed by atoms with van der Waals surface area (Å²) in [6, 6.07) is 14.7. The first kappa shape index (κ1) is 22.5. The molecule has 1 heterocycles. The van der Waals surface area contributed by atoms with Crippen LogP contribution in [0, 0.1) is 0 Å². The summed E-state index contributed by atoms with van der Waals surface area (Å²) >= 11 is 0. The van der Waals surface area contributed by atoms with Crippen molar-refractivity contribution in [2.45, 2.75) is 13.2 Å². The van der Waals surface area contributed by atoms with E-state index in [1.54, 1.807) is 0 Å². The topological polar surface area (TPSA) is 89.5 Å². The number of ether oxygens (including phenoxy) is 2. The fourth-order valence-electron chi connectivity index (χ4n) is 2.52. The van der Waals surface area contributed by atoms with Crippen molar-refractivity contribution in [3.05, 3.63) is 78.1 Å². The maximum Gasteiger partial charge on any atom is 0.387 e. The van der Waals surface area contributed by atoms with Crippen LogP contribution in [0.4, 0.5) is 28.9 Å². The molecule has 0 aliphatic heterocycles. The number of rotatable bonds is 8. The summed E-state index contributed by atoms with van der Waals surface area (Å²) in [5.74, 6) is -1.39. The molecule has 11 heteroatoms. The number of aromatic nitrogens is 1. The number of nitrogens with one attached hydrogen (secondary N) is 2. The van der Waals surface area contributed by atoms with Gasteiger partial charge < -0.3 is 20.1 Å². The highest BCUT2D eigenvalue weighted by molar-refractivity contribution is 6.06. The molecule has 3 rings (SSSR count). The van der Waals surface area contributed by atoms with Gasteiger partial charge in [0, 0.05) is 11.4 Å². The molecule has 0 bridgehead atoms. The van der Waals surface area contributed by atoms with Gasteiger partial charge in [0.1, 0.15) is 22.9 Å². The van der Waals surface area contributed by atoms with Crippen LogP contribution in [0.3, 0.4) is 0 Å². The normalized spacial score (nSPS) is 10.7. The Morgan fingerprint density at radius 3 is 1.38 bits per heavy atom. The lowest BCUT2D eigenvalue weighted by Gasteiger charge is -2.09. The second-order valence-corrected chi connectivity index (χ2v) is 6.12. The minimum atomic E-state index is -2.96. The number of benzene rings is 2. The van der Waals surface area contributed by atoms with E-state index in [0.29, 0.717) is 11.4 Å². The Kier molecular flexibility index (Phi) is 7.21. The smallest absolute Gasteiger partial charge is 0.387 e. The SMILES string of the molecule is O=C(Nc1ccc(OC(F)F)cc1)c1cccc(C(=O)Nc2ccc(OC(F)F)cc2)n1. The number of halogens is 4. The molecule has 1 aromatic heterocycles. The van der Waals surface area contributed by atoms with E-state index in [0.717, 1.165) is 0 Å². The number of amides is 2. The van der Waals surface area contributed by atoms with Gasteiger partial charge in [0.25, 0.3) is 11.8 Å². The molecule has 0 fully saturated rings. The van der Waals surface area contributed by atoms with Crippen LogP contribution < -0.4 is 20.1 Å². The third kappa shape index (κ3) is 6.42. The molecule has 0 unspecified atom stereocenters. The monoisotopic (exact) mass is 449 g/mol. The van der Waals surface area contributed by atoms with Crippen molar-refractivity contribution in [3.63, 3.8) is 0 Å². The Labute approximate surface area is 179 Å². The number of nitrogens with zero attached hydrogens (tertiary/aromatic N) is 1. The molecular weight excluding hydrogens is 434 g/mol. The summed E-state index contributed by atoms with van der Waals surface area (Å²) in [5, 5.41) is 5.05. The molecule has 166 valence electrons. The molecule has 0 saturated heterocycles. The lowest BCUT2D eigenvalue weighted by atomic mass is 10.2. The van der Waals surface area contributed by atoms with Gasteiger partial charge in [-0.15, -0.1) is 0 Å². The Morgan fingerprint density at radius 1 is 0.656 bits per heavy atom. The molecule has 0 radical (unpaired) electrons. The maximum atomic E-state index is 12.4. The molecule has 2 N–H and O–H groups in total. The van der Waals surface area contributed by atoms with Gasteiger partial charge in [-0.05, 0) is 60.7 Å². The van der Waals surface area contributed by atoms with E-state index in [4.69, 9.17) is 0 Å². The van der Waals surface area contributed by atoms with E-state index in [1.165, 1.54) is 66.7 Å². The molecule has 7 nitrogen and oxygen atoms in total. The molecule has 0 aliphatic carbocycles. The zero-order valence-corrected chi connectivity index (χ0v) is 16.1. The lowest BCUT2D eigenvalue weighted by molar-refractivity contribution is -0.0505. The zero-order valence-electron chi connectivity index (χ0n) is 16.1. The van der Waals surface area contributed by atoms with Gasteiger partial charge in [0.2, 0.25) is 0 Å². The minimum Gasteiger partial charge on any atom is -0.435 e. The third-order valence-electron chi connectivity index (χ3n) is 3.89. The molecular formula is C21H15F4N3O4. The van der Waals surface area contributed by atoms with E-state index in [1.807, 2.05) is 0 Å². The first-order chi connectivity index (χ1) is 15.3. The molecule has 2 aromatic carbocycles. The Hall–Kier alpha value is -4.15. The summed E-state index contributed by atoms with van der Waals surface area (Å²) in [6.45, 7) is -5.92. The van der Waals surface area contributed by atoms with Gasteiger partial charge in [-0.25, -0.2) is 4.98 Å². The van der Waals surface area contributed by atoms with Gasteiger partial charge in [-0.3, -0.25) is 9.59 Å². The van der Waals surface area contributed by atoms with Crippen LogP contribution >= 0.6 is 0 Å². The van der Waals surface area contributed by atoms with Gasteiger partial charge in [-0.1, -0.05) is 6.07 Å². The Balaban J connectivity index is 1.63. The number of alkyl halides is 4. The Morgan fingerprint density at radius 2 is 1.03 bits per heavy atom. The van der Waals surface area contributed by atoms with Crippen molar-refractivity contribution >= 4 is 23.2 Å². The quantitative estimate of drug-likeness (QED) is 0.483. The lowest BCUT2D eigenvalue weighted by Crippen LogP contribution is -2.18. The number of hydrogen-bond donors (Lipinski definition) is 2. The van der Waals surface area contributed by atoms with Crippen molar-refractivity contribution in [2.24, 2.45) is 0 Å². The number of carbonyl (C=O) groups is 2. The standard InChI is InChI=1S/C21H15F4N3O4/c22-20(23)31-14-8-4-12(5-9-14)26-18(29)16-2-1-3-17(28-16)19(30)27-13-6-10-15(11-7-13)32-21(24)25/h1-11,20-21H,(H,26,29)(H,27,30). The van der Waals surface area contributed by atoms with Crippen LogP contribution in [0.2, 0.25) is 0 Å². The highest BCUT2D eigenvalue weighted by Crippen LogP contribution is 2.19. The van der Waals surface area contributed by atoms with E-state index in [-0.39, 0.29) is 22.9 Å². The number of anilines is 2. The van der Waals surface area contributed by atoms with Crippen molar-refractivity contribution in [3.8, 4) is 11.5 Å². The molecule has 2 amide bonds. The predicted octanol–water partition coefficient (Wildman–Crippen LogP) is 4.79. The summed E-state index contributed by atoms with van der Waals surface area (Å²) in [7, 11) is 0. The highest BCUT2D eigenvalue weighted by atomic mass is 19.3. The van der Waals surface area contributed by atoms with E-state index in [2.05, 4.69) is 25.1 Å². The van der Waals surface area contributed by atoms with Gasteiger partial charge in [0.05, 0.1) is 0 Å². The van der Waals surface area contributed by atoms with Crippen molar-refractivity contribution < 1.29 is 36.6 Å². The minimum absolute atomic E-state index is 0.0637. The average molecular weight is 449 g/mol. The predicted molar refractivity (Wildman–Crippen MR) is 106 cm³/mol. The van der Waals surface area contributed by atoms with Gasteiger partial charge in [-0.2, -0.15) is 17.6 Å². The van der Waals surface area contributed by atoms with Crippen molar-refractivity contribution in [1.82, 2.24) is 4.98 Å². The fourth-order valence-corrected chi connectivity index (χ4v) is 2.52. The van der Waals surface area contributed by atoms with Gasteiger partial charge in [0.15, 0.2) is 0 Å². The highest BCUT2D eigenvalue weighted by Gasteiger charge is 2.14. The average Bonchev–Trinajstić information content (AvgIpc) is 2.76. The molecule has 0 spiro atoms. The summed E-state index contributed by atoms with van der Waals surface area (Å²) in [4.78, 5) is 28.8. The van der Waals surface area contributed by atoms with E-state index in [9.17, 15) is 27.2 Å². The van der Waals surface area contributed by atoms with Crippen molar-refractivity contribution in [1.29, 1.82) is 0 Å². The van der Waals surface area contributed by atoms with Crippen LogP contribution in [0.1, 0.15) is 21.0 Å². The van der Waals surface area contributed by atoms with Crippen LogP contribution in [-0.2, 0) is 0 Å². The van der Waals surface area contributed by atoms with E-state index < -0.39 is 25.0 Å². The number of hydrogen-bond acceptors (Lipinski definition) is 5. The van der Waals surface area contributed by atoms with Crippen molar-refractivity contribution in [2.75, 3.05) is 10.6 Å². The summed E-state index contributed by atoms with van der Waals surface area (Å²) < 4.78 is 57.2. The number of carbonyl (C=O) groups excluding carboxylic acids is 2. The zero-order chi connectivity index (χ0) is 23.1. The van der Waals surface area contributed by atoms with Crippen LogP contribution in [0.5, 0.6) is 11.5 Å². The largest absolute Gasteiger partial charge is 0.435 e. The molecule has 0 atom stereocenters.